The predicted octanol–water partition coefficient (Wildman–Crippen LogP) is 4.64. The molecule has 0 saturated carbocycles. The molecule has 2 aromatic carbocycles. The van der Waals surface area contributed by atoms with Crippen molar-refractivity contribution in [3.8, 4) is 16.9 Å². The smallest absolute Gasteiger partial charge is 0.317 e. The number of aryl methyl sites for hydroxylation is 2. The van der Waals surface area contributed by atoms with E-state index < -0.39 is 6.43 Å². The van der Waals surface area contributed by atoms with Crippen molar-refractivity contribution in [2.45, 2.75) is 25.8 Å². The number of carbonyl (C=O) groups excluding carboxylic acids is 1. The Bertz CT molecular complexity index is 1230. The molecule has 178 valence electrons. The lowest BCUT2D eigenvalue weighted by molar-refractivity contribution is 0.152. The molecule has 7 nitrogen and oxygen atoms in total. The van der Waals surface area contributed by atoms with Gasteiger partial charge in [0.2, 0.25) is 0 Å². The first-order chi connectivity index (χ1) is 16.4. The van der Waals surface area contributed by atoms with Crippen LogP contribution in [0.25, 0.3) is 11.1 Å². The van der Waals surface area contributed by atoms with E-state index in [1.54, 1.807) is 42.1 Å². The van der Waals surface area contributed by atoms with Crippen LogP contribution in [0, 0.1) is 0 Å². The Kier molecular flexibility index (Phi) is 5.85. The van der Waals surface area contributed by atoms with Crippen molar-refractivity contribution in [1.82, 2.24) is 20.0 Å². The highest BCUT2D eigenvalue weighted by molar-refractivity contribution is 5.77. The number of carbonyl (C=O) groups is 1. The second-order valence-electron chi connectivity index (χ2n) is 8.64. The SMILES string of the molecule is CNC(=O)N1CCOc2ccc(N3CCCc4cc(-c5cnn(C)c5)c(C(F)F)cc43)cc2C1. The minimum absolute atomic E-state index is 0.00235. The van der Waals surface area contributed by atoms with Crippen molar-refractivity contribution >= 4 is 17.4 Å². The molecule has 1 N–H and O–H groups in total. The molecular weight excluding hydrogens is 440 g/mol. The first-order valence-corrected chi connectivity index (χ1v) is 11.4. The van der Waals surface area contributed by atoms with E-state index in [9.17, 15) is 13.6 Å². The number of fused-ring (bicyclic) bond motifs is 2. The second kappa shape index (κ2) is 8.96. The van der Waals surface area contributed by atoms with Gasteiger partial charge in [0.25, 0.3) is 6.43 Å². The summed E-state index contributed by atoms with van der Waals surface area (Å²) >= 11 is 0. The van der Waals surface area contributed by atoms with Gasteiger partial charge in [-0.1, -0.05) is 0 Å². The zero-order valence-electron chi connectivity index (χ0n) is 19.2. The number of amides is 2. The van der Waals surface area contributed by atoms with Gasteiger partial charge in [-0.15, -0.1) is 0 Å². The first-order valence-electron chi connectivity index (χ1n) is 11.4. The molecule has 2 aliphatic rings. The van der Waals surface area contributed by atoms with Gasteiger partial charge in [-0.2, -0.15) is 5.10 Å². The third-order valence-electron chi connectivity index (χ3n) is 6.46. The Labute approximate surface area is 196 Å². The van der Waals surface area contributed by atoms with Gasteiger partial charge in [-0.25, -0.2) is 13.6 Å². The molecule has 5 rings (SSSR count). The highest BCUT2D eigenvalue weighted by Crippen LogP contribution is 2.42. The lowest BCUT2D eigenvalue weighted by Crippen LogP contribution is -2.38. The minimum Gasteiger partial charge on any atom is -0.491 e. The zero-order chi connectivity index (χ0) is 23.8. The Hall–Kier alpha value is -3.62. The van der Waals surface area contributed by atoms with Crippen LogP contribution >= 0.6 is 0 Å². The molecule has 0 saturated heterocycles. The van der Waals surface area contributed by atoms with Crippen LogP contribution in [0.2, 0.25) is 0 Å². The van der Waals surface area contributed by atoms with E-state index in [-0.39, 0.29) is 11.6 Å². The Morgan fingerprint density at radius 3 is 2.76 bits per heavy atom. The summed E-state index contributed by atoms with van der Waals surface area (Å²) in [5.74, 6) is 0.743. The molecule has 2 amide bonds. The normalized spacial score (nSPS) is 15.4. The molecule has 0 unspecified atom stereocenters. The van der Waals surface area contributed by atoms with Crippen LogP contribution in [0.3, 0.4) is 0 Å². The molecule has 0 spiro atoms. The first kappa shape index (κ1) is 22.2. The average Bonchev–Trinajstić information content (AvgIpc) is 3.16. The van der Waals surface area contributed by atoms with E-state index in [4.69, 9.17) is 4.74 Å². The van der Waals surface area contributed by atoms with Crippen LogP contribution in [-0.4, -0.2) is 47.5 Å². The number of ether oxygens (including phenoxy) is 1. The maximum Gasteiger partial charge on any atom is 0.317 e. The van der Waals surface area contributed by atoms with E-state index in [1.807, 2.05) is 24.3 Å². The van der Waals surface area contributed by atoms with Crippen LogP contribution in [0.4, 0.5) is 25.0 Å². The third kappa shape index (κ3) is 4.06. The number of urea groups is 1. The molecular formula is C25H27F2N5O2. The molecule has 0 aliphatic carbocycles. The van der Waals surface area contributed by atoms with Crippen LogP contribution in [-0.2, 0) is 20.0 Å². The lowest BCUT2D eigenvalue weighted by atomic mass is 9.92. The molecule has 0 fully saturated rings. The van der Waals surface area contributed by atoms with E-state index in [1.165, 1.54) is 0 Å². The van der Waals surface area contributed by atoms with Gasteiger partial charge >= 0.3 is 6.03 Å². The van der Waals surface area contributed by atoms with Gasteiger partial charge in [0.05, 0.1) is 19.3 Å². The fourth-order valence-corrected chi connectivity index (χ4v) is 4.79. The van der Waals surface area contributed by atoms with Gasteiger partial charge in [0.15, 0.2) is 0 Å². The molecule has 0 radical (unpaired) electrons. The van der Waals surface area contributed by atoms with E-state index in [0.29, 0.717) is 30.8 Å². The van der Waals surface area contributed by atoms with Gasteiger partial charge in [-0.3, -0.25) is 4.68 Å². The Morgan fingerprint density at radius 2 is 2.03 bits per heavy atom. The van der Waals surface area contributed by atoms with Gasteiger partial charge in [0.1, 0.15) is 12.4 Å². The summed E-state index contributed by atoms with van der Waals surface area (Å²) in [6.45, 7) is 2.05. The number of aromatic nitrogens is 2. The van der Waals surface area contributed by atoms with Crippen LogP contribution in [0.1, 0.15) is 29.5 Å². The predicted molar refractivity (Wildman–Crippen MR) is 126 cm³/mol. The number of nitrogens with one attached hydrogen (secondary N) is 1. The third-order valence-corrected chi connectivity index (χ3v) is 6.46. The Morgan fingerprint density at radius 1 is 1.18 bits per heavy atom. The number of anilines is 2. The molecule has 0 bridgehead atoms. The molecule has 0 atom stereocenters. The van der Waals surface area contributed by atoms with E-state index >= 15 is 0 Å². The average molecular weight is 468 g/mol. The van der Waals surface area contributed by atoms with Crippen LogP contribution in [0.15, 0.2) is 42.7 Å². The van der Waals surface area contributed by atoms with Crippen LogP contribution in [0.5, 0.6) is 5.75 Å². The number of alkyl halides is 2. The fourth-order valence-electron chi connectivity index (χ4n) is 4.79. The standard InChI is InChI=1S/C25H27F2N5O2/c1-28-25(33)31-8-9-34-23-6-5-19(10-17(23)15-31)32-7-3-4-16-11-20(18-13-29-30(2)14-18)21(24(26)27)12-22(16)32/h5-6,10-14,24H,3-4,7-9,15H2,1-2H3,(H,28,33). The van der Waals surface area contributed by atoms with E-state index in [0.717, 1.165) is 47.6 Å². The van der Waals surface area contributed by atoms with Gasteiger partial charge in [0, 0.05) is 54.9 Å². The molecule has 9 heteroatoms. The van der Waals surface area contributed by atoms with Crippen molar-refractivity contribution in [1.29, 1.82) is 0 Å². The monoisotopic (exact) mass is 467 g/mol. The molecule has 1 aromatic heterocycles. The minimum atomic E-state index is -2.61. The van der Waals surface area contributed by atoms with Crippen molar-refractivity contribution in [3.05, 3.63) is 59.4 Å². The van der Waals surface area contributed by atoms with E-state index in [2.05, 4.69) is 15.3 Å². The fraction of sp³-hybridized carbons (Fsp3) is 0.360. The molecule has 3 aromatic rings. The maximum absolute atomic E-state index is 14.1. The zero-order valence-corrected chi connectivity index (χ0v) is 19.2. The Balaban J connectivity index is 1.54. The molecule has 34 heavy (non-hydrogen) atoms. The van der Waals surface area contributed by atoms with Gasteiger partial charge < -0.3 is 19.9 Å². The summed E-state index contributed by atoms with van der Waals surface area (Å²) in [5.41, 5.74) is 4.85. The quantitative estimate of drug-likeness (QED) is 0.610. The summed E-state index contributed by atoms with van der Waals surface area (Å²) in [6.07, 6.45) is 2.51. The van der Waals surface area contributed by atoms with Crippen molar-refractivity contribution in [3.63, 3.8) is 0 Å². The number of benzene rings is 2. The van der Waals surface area contributed by atoms with Crippen LogP contribution < -0.4 is 15.0 Å². The summed E-state index contributed by atoms with van der Waals surface area (Å²) in [5, 5.41) is 6.82. The largest absolute Gasteiger partial charge is 0.491 e. The van der Waals surface area contributed by atoms with Gasteiger partial charge in [-0.05, 0) is 54.3 Å². The van der Waals surface area contributed by atoms with Crippen molar-refractivity contribution < 1.29 is 18.3 Å². The summed E-state index contributed by atoms with van der Waals surface area (Å²) < 4.78 is 35.7. The number of halogens is 2. The topological polar surface area (TPSA) is 62.6 Å². The summed E-state index contributed by atoms with van der Waals surface area (Å²) in [6, 6.07) is 9.23. The summed E-state index contributed by atoms with van der Waals surface area (Å²) in [4.78, 5) is 16.0. The van der Waals surface area contributed by atoms with Crippen molar-refractivity contribution in [2.24, 2.45) is 7.05 Å². The number of rotatable bonds is 3. The highest BCUT2D eigenvalue weighted by Gasteiger charge is 2.26. The van der Waals surface area contributed by atoms with Crippen molar-refractivity contribution in [2.75, 3.05) is 31.6 Å². The lowest BCUT2D eigenvalue weighted by Gasteiger charge is -2.33. The molecule has 2 aliphatic heterocycles. The number of hydrogen-bond acceptors (Lipinski definition) is 4. The number of nitrogens with zero attached hydrogens (tertiary/aromatic N) is 4. The number of hydrogen-bond donors (Lipinski definition) is 1. The second-order valence-corrected chi connectivity index (χ2v) is 8.64. The summed E-state index contributed by atoms with van der Waals surface area (Å²) in [7, 11) is 3.38. The highest BCUT2D eigenvalue weighted by atomic mass is 19.3. The molecule has 3 heterocycles. The maximum atomic E-state index is 14.1.